The van der Waals surface area contributed by atoms with Crippen molar-refractivity contribution in [3.63, 3.8) is 0 Å². The Morgan fingerprint density at radius 3 is 2.38 bits per heavy atom. The van der Waals surface area contributed by atoms with Crippen molar-refractivity contribution in [2.45, 2.75) is 58.5 Å². The molecule has 2 aromatic carbocycles. The van der Waals surface area contributed by atoms with Gasteiger partial charge in [-0.2, -0.15) is 9.78 Å². The summed E-state index contributed by atoms with van der Waals surface area (Å²) in [5.41, 5.74) is 1.60. The zero-order valence-corrected chi connectivity index (χ0v) is 27.4. The van der Waals surface area contributed by atoms with Crippen LogP contribution < -0.4 is 21.3 Å². The maximum atomic E-state index is 15.3. The highest BCUT2D eigenvalue weighted by Crippen LogP contribution is 2.38. The van der Waals surface area contributed by atoms with Crippen LogP contribution in [0.25, 0.3) is 27.6 Å². The van der Waals surface area contributed by atoms with Crippen LogP contribution in [0.4, 0.5) is 21.6 Å². The first-order valence-electron chi connectivity index (χ1n) is 15.6. The number of aliphatic hydroxyl groups is 1. The topological polar surface area (TPSA) is 126 Å². The number of nitrogens with one attached hydrogen (secondary N) is 1. The van der Waals surface area contributed by atoms with E-state index in [4.69, 9.17) is 0 Å². The van der Waals surface area contributed by atoms with Crippen molar-refractivity contribution in [2.24, 2.45) is 7.05 Å². The van der Waals surface area contributed by atoms with E-state index >= 15 is 4.39 Å². The van der Waals surface area contributed by atoms with Gasteiger partial charge in [0.2, 0.25) is 0 Å². The summed E-state index contributed by atoms with van der Waals surface area (Å²) in [7, 11) is 1.61. The lowest BCUT2D eigenvalue weighted by Crippen LogP contribution is -2.42. The van der Waals surface area contributed by atoms with Crippen molar-refractivity contribution >= 4 is 28.0 Å². The van der Waals surface area contributed by atoms with E-state index in [2.05, 4.69) is 20.3 Å². The molecule has 0 atom stereocenters. The molecule has 0 unspecified atom stereocenters. The summed E-state index contributed by atoms with van der Waals surface area (Å²) in [4.78, 5) is 33.4. The Morgan fingerprint density at radius 2 is 1.72 bits per heavy atom. The van der Waals surface area contributed by atoms with Gasteiger partial charge in [0, 0.05) is 42.8 Å². The predicted octanol–water partition coefficient (Wildman–Crippen LogP) is 5.69. The van der Waals surface area contributed by atoms with Crippen molar-refractivity contribution in [1.82, 2.24) is 19.3 Å². The number of benzene rings is 2. The number of anilines is 3. The number of aromatic hydroxyl groups is 1. The monoisotopic (exact) mass is 638 g/mol. The molecular formula is C36H39FN6O4. The summed E-state index contributed by atoms with van der Waals surface area (Å²) >= 11 is 0. The number of piperidine rings is 1. The summed E-state index contributed by atoms with van der Waals surface area (Å²) < 4.78 is 17.7. The molecule has 0 aliphatic carbocycles. The van der Waals surface area contributed by atoms with Gasteiger partial charge in [0.05, 0.1) is 29.1 Å². The number of aromatic nitrogens is 4. The molecule has 1 aliphatic heterocycles. The molecule has 1 saturated heterocycles. The smallest absolute Gasteiger partial charge is 0.282 e. The number of phenolic OH excluding ortho intramolecular Hbond substituents is 1. The first kappa shape index (κ1) is 31.9. The van der Waals surface area contributed by atoms with Crippen LogP contribution in [0.15, 0.2) is 70.6 Å². The maximum Gasteiger partial charge on any atom is 0.282 e. The Kier molecular flexibility index (Phi) is 7.91. The summed E-state index contributed by atoms with van der Waals surface area (Å²) in [6.45, 7) is 11.0. The lowest BCUT2D eigenvalue weighted by atomic mass is 9.86. The minimum absolute atomic E-state index is 0.0802. The van der Waals surface area contributed by atoms with Crippen LogP contribution in [0, 0.1) is 12.7 Å². The van der Waals surface area contributed by atoms with Gasteiger partial charge in [-0.05, 0) is 79.6 Å². The second-order valence-electron chi connectivity index (χ2n) is 13.7. The number of rotatable bonds is 5. The predicted molar refractivity (Wildman–Crippen MR) is 183 cm³/mol. The Labute approximate surface area is 271 Å². The molecule has 47 heavy (non-hydrogen) atoms. The Morgan fingerprint density at radius 1 is 1.00 bits per heavy atom. The van der Waals surface area contributed by atoms with Gasteiger partial charge in [0.1, 0.15) is 28.8 Å². The highest BCUT2D eigenvalue weighted by Gasteiger charge is 2.27. The van der Waals surface area contributed by atoms with E-state index in [-0.39, 0.29) is 33.5 Å². The van der Waals surface area contributed by atoms with E-state index < -0.39 is 17.0 Å². The van der Waals surface area contributed by atoms with Crippen molar-refractivity contribution in [2.75, 3.05) is 23.3 Å². The van der Waals surface area contributed by atoms with Gasteiger partial charge in [0.25, 0.3) is 11.1 Å². The highest BCUT2D eigenvalue weighted by atomic mass is 19.1. The van der Waals surface area contributed by atoms with Gasteiger partial charge in [0.15, 0.2) is 0 Å². The Hall–Kier alpha value is -5.03. The molecular weight excluding hydrogens is 599 g/mol. The second-order valence-corrected chi connectivity index (χ2v) is 13.7. The first-order chi connectivity index (χ1) is 22.1. The zero-order valence-electron chi connectivity index (χ0n) is 27.4. The molecule has 1 fully saturated rings. The van der Waals surface area contributed by atoms with E-state index in [1.807, 2.05) is 40.7 Å². The average Bonchev–Trinajstić information content (AvgIpc) is 3.00. The third-order valence-electron chi connectivity index (χ3n) is 8.99. The lowest BCUT2D eigenvalue weighted by molar-refractivity contribution is 0.0351. The normalized spacial score (nSPS) is 14.9. The van der Waals surface area contributed by atoms with E-state index in [9.17, 15) is 19.8 Å². The second kappa shape index (κ2) is 11.6. The van der Waals surface area contributed by atoms with Crippen molar-refractivity contribution in [3.8, 4) is 22.6 Å². The molecule has 5 aromatic rings. The van der Waals surface area contributed by atoms with E-state index in [0.717, 1.165) is 29.0 Å². The number of pyridine rings is 2. The molecule has 3 aromatic heterocycles. The van der Waals surface area contributed by atoms with Crippen LogP contribution in [-0.4, -0.2) is 48.2 Å². The van der Waals surface area contributed by atoms with Gasteiger partial charge in [-0.3, -0.25) is 9.59 Å². The fourth-order valence-corrected chi connectivity index (χ4v) is 6.02. The third kappa shape index (κ3) is 6.10. The van der Waals surface area contributed by atoms with Gasteiger partial charge >= 0.3 is 0 Å². The van der Waals surface area contributed by atoms with Crippen molar-refractivity contribution in [1.29, 1.82) is 0 Å². The minimum atomic E-state index is -0.696. The number of halogens is 1. The quantitative estimate of drug-likeness (QED) is 0.224. The maximum absolute atomic E-state index is 15.3. The molecule has 0 saturated carbocycles. The lowest BCUT2D eigenvalue weighted by Gasteiger charge is -2.37. The number of fused-ring (bicyclic) bond motifs is 1. The Bertz CT molecular complexity index is 2120. The molecule has 11 heteroatoms. The van der Waals surface area contributed by atoms with Crippen molar-refractivity contribution in [3.05, 3.63) is 98.7 Å². The fraction of sp³-hybridized carbons (Fsp3) is 0.333. The highest BCUT2D eigenvalue weighted by molar-refractivity contribution is 5.84. The SMILES string of the molecule is Cc1ccc(-n2ncc3cc(C(C)(C)C)cc(F)c3c2=O)c(O)c1-c1cc(Nc2ccc(N3CCC(C)(O)CC3)cn2)c(=O)n(C)c1. The molecule has 0 spiro atoms. The van der Waals surface area contributed by atoms with Gasteiger partial charge in [-0.1, -0.05) is 26.8 Å². The van der Waals surface area contributed by atoms with Crippen LogP contribution in [0.5, 0.6) is 5.75 Å². The summed E-state index contributed by atoms with van der Waals surface area (Å²) in [6, 6.07) is 11.8. The molecule has 10 nitrogen and oxygen atoms in total. The first-order valence-corrected chi connectivity index (χ1v) is 15.6. The van der Waals surface area contributed by atoms with Crippen LogP contribution in [0.3, 0.4) is 0 Å². The molecule has 244 valence electrons. The standard InChI is InChI=1S/C36H39FN6O4/c1-21-7-9-28(43-34(46)31-22(18-39-43)15-24(17-26(31)37)35(2,3)4)32(44)30(21)23-16-27(33(45)41(6)20-23)40-29-10-8-25(19-38-29)42-13-11-36(5,47)12-14-42/h7-10,15-20,44,47H,11-14H2,1-6H3,(H,38,40). The average molecular weight is 639 g/mol. The molecule has 4 heterocycles. The molecule has 0 radical (unpaired) electrons. The number of hydrogen-bond acceptors (Lipinski definition) is 8. The Balaban J connectivity index is 1.35. The zero-order chi connectivity index (χ0) is 33.8. The van der Waals surface area contributed by atoms with Crippen LogP contribution in [0.2, 0.25) is 0 Å². The van der Waals surface area contributed by atoms with Crippen LogP contribution in [-0.2, 0) is 12.5 Å². The molecule has 0 amide bonds. The van der Waals surface area contributed by atoms with Crippen LogP contribution in [0.1, 0.15) is 51.7 Å². The molecule has 0 bridgehead atoms. The number of hydrogen-bond donors (Lipinski definition) is 3. The summed E-state index contributed by atoms with van der Waals surface area (Å²) in [5, 5.41) is 29.5. The number of nitrogens with zero attached hydrogens (tertiary/aromatic N) is 5. The van der Waals surface area contributed by atoms with Crippen molar-refractivity contribution < 1.29 is 14.6 Å². The molecule has 1 aliphatic rings. The molecule has 6 rings (SSSR count). The fourth-order valence-electron chi connectivity index (χ4n) is 6.02. The van der Waals surface area contributed by atoms with Crippen LogP contribution >= 0.6 is 0 Å². The minimum Gasteiger partial charge on any atom is -0.505 e. The number of phenols is 1. The van der Waals surface area contributed by atoms with E-state index in [1.54, 1.807) is 49.8 Å². The summed E-state index contributed by atoms with van der Waals surface area (Å²) in [6.07, 6.45) is 6.10. The largest absolute Gasteiger partial charge is 0.505 e. The van der Waals surface area contributed by atoms with Gasteiger partial charge in [-0.25, -0.2) is 9.37 Å². The number of aryl methyl sites for hydroxylation is 2. The molecule has 3 N–H and O–H groups in total. The van der Waals surface area contributed by atoms with E-state index in [1.165, 1.54) is 16.8 Å². The summed E-state index contributed by atoms with van der Waals surface area (Å²) in [5.74, 6) is -0.427. The van der Waals surface area contributed by atoms with E-state index in [0.29, 0.717) is 40.7 Å². The third-order valence-corrected chi connectivity index (χ3v) is 8.99. The van der Waals surface area contributed by atoms with Gasteiger partial charge in [-0.15, -0.1) is 0 Å². The van der Waals surface area contributed by atoms with Gasteiger partial charge < -0.3 is 25.0 Å².